The van der Waals surface area contributed by atoms with E-state index in [0.717, 1.165) is 18.4 Å². The minimum absolute atomic E-state index is 0.0585. The minimum Gasteiger partial charge on any atom is -0.269 e. The largest absolute Gasteiger partial charge is 0.274 e. The summed E-state index contributed by atoms with van der Waals surface area (Å²) in [6.45, 7) is 1.14. The smallest absolute Gasteiger partial charge is 0.269 e. The van der Waals surface area contributed by atoms with Gasteiger partial charge >= 0.3 is 0 Å². The topological polar surface area (TPSA) is 75.7 Å². The monoisotopic (exact) mass is 394 g/mol. The predicted molar refractivity (Wildman–Crippen MR) is 98.1 cm³/mol. The van der Waals surface area contributed by atoms with Crippen LogP contribution in [0.4, 0.5) is 0 Å². The van der Waals surface area contributed by atoms with Crippen molar-refractivity contribution in [1.29, 1.82) is 0 Å². The number of hydrogen-bond acceptors (Lipinski definition) is 4. The molecule has 6 nitrogen and oxygen atoms in total. The van der Waals surface area contributed by atoms with Gasteiger partial charge < -0.3 is 0 Å². The molecule has 3 rings (SSSR count). The molecule has 1 heterocycles. The van der Waals surface area contributed by atoms with Crippen molar-refractivity contribution in [2.24, 2.45) is 0 Å². The van der Waals surface area contributed by atoms with Gasteiger partial charge in [-0.05, 0) is 36.6 Å². The second-order valence-electron chi connectivity index (χ2n) is 5.96. The molecule has 0 spiro atoms. The van der Waals surface area contributed by atoms with Crippen LogP contribution in [0.15, 0.2) is 53.4 Å². The third kappa shape index (κ3) is 4.24. The first-order valence-electron chi connectivity index (χ1n) is 8.24. The summed E-state index contributed by atoms with van der Waals surface area (Å²) in [7, 11) is -3.71. The molecule has 2 aromatic rings. The Balaban J connectivity index is 1.71. The summed E-state index contributed by atoms with van der Waals surface area (Å²) in [4.78, 5) is 17.4. The van der Waals surface area contributed by atoms with Crippen molar-refractivity contribution in [3.05, 3.63) is 64.7 Å². The van der Waals surface area contributed by atoms with E-state index in [9.17, 15) is 13.2 Å². The number of amides is 1. The number of carbonyl (C=O) groups excluding carboxylic acids is 1. The number of hydrogen-bond donors (Lipinski definition) is 1. The quantitative estimate of drug-likeness (QED) is 0.764. The average molecular weight is 395 g/mol. The van der Waals surface area contributed by atoms with E-state index >= 15 is 0 Å². The highest BCUT2D eigenvalue weighted by Crippen LogP contribution is 2.28. The fourth-order valence-corrected chi connectivity index (χ4v) is 4.75. The fraction of sp³-hybridized carbons (Fsp3) is 0.278. The van der Waals surface area contributed by atoms with Gasteiger partial charge in [0.1, 0.15) is 4.90 Å². The van der Waals surface area contributed by atoms with E-state index in [4.69, 9.17) is 16.4 Å². The number of nitrogens with zero attached hydrogens (tertiary/aromatic N) is 1. The average Bonchev–Trinajstić information content (AvgIpc) is 3.18. The molecule has 1 amide bonds. The Bertz CT molecular complexity index is 881. The van der Waals surface area contributed by atoms with Gasteiger partial charge in [-0.1, -0.05) is 41.9 Å². The highest BCUT2D eigenvalue weighted by molar-refractivity contribution is 7.89. The van der Waals surface area contributed by atoms with Gasteiger partial charge in [-0.25, -0.2) is 13.9 Å². The van der Waals surface area contributed by atoms with Crippen LogP contribution >= 0.6 is 11.6 Å². The van der Waals surface area contributed by atoms with E-state index in [1.54, 1.807) is 0 Å². The molecule has 8 heteroatoms. The van der Waals surface area contributed by atoms with Crippen molar-refractivity contribution in [2.75, 3.05) is 13.1 Å². The van der Waals surface area contributed by atoms with E-state index in [1.807, 2.05) is 30.3 Å². The lowest BCUT2D eigenvalue weighted by Crippen LogP contribution is -2.29. The summed E-state index contributed by atoms with van der Waals surface area (Å²) >= 11 is 6.08. The van der Waals surface area contributed by atoms with Gasteiger partial charge in [-0.15, -0.1) is 0 Å². The molecule has 2 aromatic carbocycles. The molecule has 26 heavy (non-hydrogen) atoms. The minimum atomic E-state index is -3.71. The summed E-state index contributed by atoms with van der Waals surface area (Å²) in [5.41, 5.74) is 3.40. The van der Waals surface area contributed by atoms with Crippen LogP contribution in [-0.2, 0) is 21.5 Å². The fourth-order valence-electron chi connectivity index (χ4n) is 2.73. The maximum Gasteiger partial charge on any atom is 0.274 e. The highest BCUT2D eigenvalue weighted by Gasteiger charge is 2.29. The van der Waals surface area contributed by atoms with Crippen molar-refractivity contribution in [3.8, 4) is 0 Å². The van der Waals surface area contributed by atoms with Gasteiger partial charge in [0, 0.05) is 18.7 Å². The molecule has 0 aromatic heterocycles. The maximum absolute atomic E-state index is 12.7. The number of benzene rings is 2. The second kappa shape index (κ2) is 8.18. The van der Waals surface area contributed by atoms with Gasteiger partial charge in [0.05, 0.1) is 11.6 Å². The molecule has 0 saturated carbocycles. The standard InChI is InChI=1S/C18H19ClN2O4S/c19-16-9-8-15(12-17(16)26(23,24)21-10-4-5-11-21)18(22)20-25-13-14-6-2-1-3-7-14/h1-3,6-9,12H,4-5,10-11,13H2,(H,20,22). The van der Waals surface area contributed by atoms with Crippen LogP contribution in [0.2, 0.25) is 5.02 Å². The first-order valence-corrected chi connectivity index (χ1v) is 10.1. The van der Waals surface area contributed by atoms with E-state index in [1.165, 1.54) is 22.5 Å². The molecule has 1 aliphatic rings. The lowest BCUT2D eigenvalue weighted by Gasteiger charge is -2.17. The Hall–Kier alpha value is -1.93. The van der Waals surface area contributed by atoms with Crippen LogP contribution in [0.5, 0.6) is 0 Å². The molecule has 1 aliphatic heterocycles. The Kier molecular flexibility index (Phi) is 5.93. The highest BCUT2D eigenvalue weighted by atomic mass is 35.5. The molecule has 138 valence electrons. The molecule has 0 aliphatic carbocycles. The third-order valence-corrected chi connectivity index (χ3v) is 6.50. The zero-order valence-electron chi connectivity index (χ0n) is 14.0. The lowest BCUT2D eigenvalue weighted by atomic mass is 10.2. The van der Waals surface area contributed by atoms with Crippen LogP contribution in [0.1, 0.15) is 28.8 Å². The number of carbonyl (C=O) groups is 1. The lowest BCUT2D eigenvalue weighted by molar-refractivity contribution is 0.0233. The van der Waals surface area contributed by atoms with E-state index in [2.05, 4.69) is 5.48 Å². The number of nitrogens with one attached hydrogen (secondary N) is 1. The molecule has 1 saturated heterocycles. The van der Waals surface area contributed by atoms with E-state index < -0.39 is 15.9 Å². The van der Waals surface area contributed by atoms with Gasteiger partial charge in [-0.3, -0.25) is 9.63 Å². The van der Waals surface area contributed by atoms with Crippen LogP contribution < -0.4 is 5.48 Å². The normalized spacial score (nSPS) is 15.1. The third-order valence-electron chi connectivity index (χ3n) is 4.12. The number of sulfonamides is 1. The van der Waals surface area contributed by atoms with Crippen LogP contribution in [0, 0.1) is 0 Å². The Morgan fingerprint density at radius 1 is 1.12 bits per heavy atom. The number of rotatable bonds is 6. The van der Waals surface area contributed by atoms with Gasteiger partial charge in [0.2, 0.25) is 10.0 Å². The predicted octanol–water partition coefficient (Wildman–Crippen LogP) is 2.99. The van der Waals surface area contributed by atoms with Crippen molar-refractivity contribution in [1.82, 2.24) is 9.79 Å². The van der Waals surface area contributed by atoms with E-state index in [0.29, 0.717) is 13.1 Å². The van der Waals surface area contributed by atoms with Crippen LogP contribution in [0.25, 0.3) is 0 Å². The summed E-state index contributed by atoms with van der Waals surface area (Å²) in [5.74, 6) is -0.532. The number of halogens is 1. The molecule has 0 radical (unpaired) electrons. The second-order valence-corrected chi connectivity index (χ2v) is 8.28. The van der Waals surface area contributed by atoms with Crippen molar-refractivity contribution >= 4 is 27.5 Å². The molecular formula is C18H19ClN2O4S. The molecule has 0 unspecified atom stereocenters. The van der Waals surface area contributed by atoms with Crippen LogP contribution in [-0.4, -0.2) is 31.7 Å². The van der Waals surface area contributed by atoms with Crippen molar-refractivity contribution in [2.45, 2.75) is 24.3 Å². The van der Waals surface area contributed by atoms with Crippen molar-refractivity contribution < 1.29 is 18.0 Å². The molecule has 0 bridgehead atoms. The summed E-state index contributed by atoms with van der Waals surface area (Å²) in [6.07, 6.45) is 1.65. The Morgan fingerprint density at radius 2 is 1.81 bits per heavy atom. The van der Waals surface area contributed by atoms with Gasteiger partial charge in [0.15, 0.2) is 0 Å². The maximum atomic E-state index is 12.7. The van der Waals surface area contributed by atoms with Gasteiger partial charge in [0.25, 0.3) is 5.91 Å². The Morgan fingerprint density at radius 3 is 2.50 bits per heavy atom. The summed E-state index contributed by atoms with van der Waals surface area (Å²) in [6, 6.07) is 13.5. The Labute approximate surface area is 157 Å². The SMILES string of the molecule is O=C(NOCc1ccccc1)c1ccc(Cl)c(S(=O)(=O)N2CCCC2)c1. The summed E-state index contributed by atoms with van der Waals surface area (Å²) in [5, 5.41) is 0.0960. The van der Waals surface area contributed by atoms with Crippen LogP contribution in [0.3, 0.4) is 0 Å². The molecule has 0 atom stereocenters. The van der Waals surface area contributed by atoms with Crippen molar-refractivity contribution in [3.63, 3.8) is 0 Å². The molecule has 1 N–H and O–H groups in total. The zero-order chi connectivity index (χ0) is 18.6. The molecule has 1 fully saturated rings. The molecular weight excluding hydrogens is 376 g/mol. The first-order chi connectivity index (χ1) is 12.5. The van der Waals surface area contributed by atoms with E-state index in [-0.39, 0.29) is 22.1 Å². The first kappa shape index (κ1) is 18.8. The van der Waals surface area contributed by atoms with Gasteiger partial charge in [-0.2, -0.15) is 4.31 Å². The zero-order valence-corrected chi connectivity index (χ0v) is 15.6. The number of hydroxylamine groups is 1. The summed E-state index contributed by atoms with van der Waals surface area (Å²) < 4.78 is 26.8.